The monoisotopic (exact) mass is 344 g/mol. The number of thioether (sulfide) groups is 2. The fourth-order valence-corrected chi connectivity index (χ4v) is 3.47. The lowest BCUT2D eigenvalue weighted by atomic mass is 10.1. The van der Waals surface area contributed by atoms with Gasteiger partial charge in [0.1, 0.15) is 6.61 Å². The Morgan fingerprint density at radius 1 is 0.957 bits per heavy atom. The third-order valence-electron chi connectivity index (χ3n) is 3.43. The number of carbonyl (C=O) groups excluding carboxylic acids is 1. The molecule has 0 radical (unpaired) electrons. The van der Waals surface area contributed by atoms with E-state index in [1.165, 1.54) is 23.5 Å². The molecule has 0 aromatic heterocycles. The average Bonchev–Trinajstić information content (AvgIpc) is 2.60. The molecule has 2 aromatic rings. The molecule has 0 atom stereocenters. The SMILES string of the molecule is CSC(SC)=C(OCc1ccccc1C)C(=O)c1ccccc1. The number of benzene rings is 2. The second kappa shape index (κ2) is 8.85. The molecule has 0 spiro atoms. The topological polar surface area (TPSA) is 26.3 Å². The predicted molar refractivity (Wildman–Crippen MR) is 101 cm³/mol. The maximum Gasteiger partial charge on any atom is 0.229 e. The van der Waals surface area contributed by atoms with Gasteiger partial charge in [0.2, 0.25) is 5.78 Å². The largest absolute Gasteiger partial charge is 0.483 e. The summed E-state index contributed by atoms with van der Waals surface area (Å²) in [6.07, 6.45) is 3.92. The number of Topliss-reactive ketones (excluding diaryl/α,β-unsaturated/α-hetero) is 1. The van der Waals surface area contributed by atoms with Crippen molar-refractivity contribution < 1.29 is 9.53 Å². The lowest BCUT2D eigenvalue weighted by Gasteiger charge is -2.14. The summed E-state index contributed by atoms with van der Waals surface area (Å²) in [6, 6.07) is 17.3. The van der Waals surface area contributed by atoms with Crippen molar-refractivity contribution in [1.29, 1.82) is 0 Å². The Hall–Kier alpha value is -1.65. The summed E-state index contributed by atoms with van der Waals surface area (Å²) in [7, 11) is 0. The molecule has 2 nitrogen and oxygen atoms in total. The van der Waals surface area contributed by atoms with Crippen LogP contribution in [-0.2, 0) is 11.3 Å². The summed E-state index contributed by atoms with van der Waals surface area (Å²) in [6.45, 7) is 2.44. The van der Waals surface area contributed by atoms with Crippen molar-refractivity contribution in [2.24, 2.45) is 0 Å². The average molecular weight is 345 g/mol. The van der Waals surface area contributed by atoms with Gasteiger partial charge in [-0.1, -0.05) is 54.6 Å². The third kappa shape index (κ3) is 4.66. The van der Waals surface area contributed by atoms with E-state index < -0.39 is 0 Å². The van der Waals surface area contributed by atoms with Crippen molar-refractivity contribution in [3.8, 4) is 0 Å². The minimum absolute atomic E-state index is 0.0714. The summed E-state index contributed by atoms with van der Waals surface area (Å²) in [5.74, 6) is 0.359. The van der Waals surface area contributed by atoms with Crippen LogP contribution in [0, 0.1) is 6.92 Å². The van der Waals surface area contributed by atoms with Crippen LogP contribution in [0.5, 0.6) is 0 Å². The van der Waals surface area contributed by atoms with Crippen molar-refractivity contribution in [3.05, 3.63) is 81.3 Å². The van der Waals surface area contributed by atoms with Crippen molar-refractivity contribution in [2.75, 3.05) is 12.5 Å². The zero-order valence-corrected chi connectivity index (χ0v) is 15.2. The highest BCUT2D eigenvalue weighted by Crippen LogP contribution is 2.30. The van der Waals surface area contributed by atoms with Crippen LogP contribution in [0.4, 0.5) is 0 Å². The Morgan fingerprint density at radius 3 is 2.17 bits per heavy atom. The maximum absolute atomic E-state index is 12.8. The molecule has 0 aliphatic heterocycles. The van der Waals surface area contributed by atoms with E-state index in [9.17, 15) is 4.79 Å². The van der Waals surface area contributed by atoms with Gasteiger partial charge in [0, 0.05) is 5.56 Å². The fourth-order valence-electron chi connectivity index (χ4n) is 2.13. The Morgan fingerprint density at radius 2 is 1.57 bits per heavy atom. The van der Waals surface area contributed by atoms with Crippen molar-refractivity contribution in [1.82, 2.24) is 0 Å². The normalized spacial score (nSPS) is 10.2. The highest BCUT2D eigenvalue weighted by molar-refractivity contribution is 8.21. The molecule has 0 amide bonds. The van der Waals surface area contributed by atoms with Crippen molar-refractivity contribution >= 4 is 29.3 Å². The van der Waals surface area contributed by atoms with Gasteiger partial charge in [0.15, 0.2) is 5.76 Å². The van der Waals surface area contributed by atoms with Gasteiger partial charge in [-0.25, -0.2) is 0 Å². The molecule has 0 fully saturated rings. The summed E-state index contributed by atoms with van der Waals surface area (Å²) in [5, 5.41) is 0. The number of hydrogen-bond acceptors (Lipinski definition) is 4. The van der Waals surface area contributed by atoms with E-state index in [0.717, 1.165) is 15.4 Å². The molecule has 2 aromatic carbocycles. The highest BCUT2D eigenvalue weighted by Gasteiger charge is 2.19. The van der Waals surface area contributed by atoms with E-state index in [1.807, 2.05) is 74.0 Å². The van der Waals surface area contributed by atoms with Crippen molar-refractivity contribution in [2.45, 2.75) is 13.5 Å². The van der Waals surface area contributed by atoms with Gasteiger partial charge >= 0.3 is 0 Å². The first-order valence-corrected chi connectivity index (χ1v) is 9.71. The van der Waals surface area contributed by atoms with Crippen molar-refractivity contribution in [3.63, 3.8) is 0 Å². The molecular weight excluding hydrogens is 324 g/mol. The summed E-state index contributed by atoms with van der Waals surface area (Å²) >= 11 is 3.07. The lowest BCUT2D eigenvalue weighted by molar-refractivity contribution is 0.0904. The van der Waals surface area contributed by atoms with Crippen LogP contribution in [0.3, 0.4) is 0 Å². The zero-order chi connectivity index (χ0) is 16.7. The number of hydrogen-bond donors (Lipinski definition) is 0. The number of ketones is 1. The third-order valence-corrected chi connectivity index (χ3v) is 5.54. The van der Waals surface area contributed by atoms with Crippen LogP contribution in [0.1, 0.15) is 21.5 Å². The molecule has 0 unspecified atom stereocenters. The van der Waals surface area contributed by atoms with Crippen LogP contribution in [0.2, 0.25) is 0 Å². The standard InChI is InChI=1S/C19H20O2S2/c1-14-9-7-8-12-16(14)13-21-18(19(22-2)23-3)17(20)15-10-5-4-6-11-15/h4-12H,13H2,1-3H3. The number of allylic oxidation sites excluding steroid dienone is 1. The number of ether oxygens (including phenoxy) is 1. The number of aryl methyl sites for hydroxylation is 1. The molecule has 23 heavy (non-hydrogen) atoms. The van der Waals surface area contributed by atoms with E-state index in [0.29, 0.717) is 17.9 Å². The molecule has 0 bridgehead atoms. The lowest BCUT2D eigenvalue weighted by Crippen LogP contribution is -2.09. The molecule has 0 saturated carbocycles. The second-order valence-electron chi connectivity index (χ2n) is 4.94. The molecule has 0 aliphatic rings. The molecule has 4 heteroatoms. The van der Waals surface area contributed by atoms with Gasteiger partial charge in [0.05, 0.1) is 4.24 Å². The van der Waals surface area contributed by atoms with E-state index in [1.54, 1.807) is 0 Å². The second-order valence-corrected chi connectivity index (χ2v) is 6.83. The van der Waals surface area contributed by atoms with Gasteiger partial charge in [-0.15, -0.1) is 23.5 Å². The van der Waals surface area contributed by atoms with E-state index in [4.69, 9.17) is 4.74 Å². The van der Waals surface area contributed by atoms with E-state index in [-0.39, 0.29) is 5.78 Å². The molecule has 0 heterocycles. The van der Waals surface area contributed by atoms with Crippen LogP contribution in [-0.4, -0.2) is 18.3 Å². The summed E-state index contributed by atoms with van der Waals surface area (Å²) < 4.78 is 6.85. The Bertz CT molecular complexity index is 688. The molecular formula is C19H20O2S2. The molecule has 0 N–H and O–H groups in total. The summed E-state index contributed by atoms with van der Waals surface area (Å²) in [4.78, 5) is 12.8. The Balaban J connectivity index is 2.27. The minimum atomic E-state index is -0.0714. The van der Waals surface area contributed by atoms with Gasteiger partial charge in [-0.3, -0.25) is 4.79 Å². The molecule has 0 saturated heterocycles. The van der Waals surface area contributed by atoms with Crippen LogP contribution in [0.25, 0.3) is 0 Å². The quantitative estimate of drug-likeness (QED) is 0.387. The van der Waals surface area contributed by atoms with Gasteiger partial charge in [-0.2, -0.15) is 0 Å². The number of carbonyl (C=O) groups is 1. The van der Waals surface area contributed by atoms with Crippen LogP contribution in [0.15, 0.2) is 64.6 Å². The molecule has 120 valence electrons. The smallest absolute Gasteiger partial charge is 0.229 e. The summed E-state index contributed by atoms with van der Waals surface area (Å²) in [5.41, 5.74) is 2.90. The Kier molecular flexibility index (Phi) is 6.81. The molecule has 2 rings (SSSR count). The highest BCUT2D eigenvalue weighted by atomic mass is 32.2. The first-order valence-electron chi connectivity index (χ1n) is 7.26. The van der Waals surface area contributed by atoms with E-state index >= 15 is 0 Å². The Labute approximate surface area is 146 Å². The van der Waals surface area contributed by atoms with Gasteiger partial charge in [-0.05, 0) is 30.6 Å². The fraction of sp³-hybridized carbons (Fsp3) is 0.211. The number of rotatable bonds is 7. The van der Waals surface area contributed by atoms with E-state index in [2.05, 4.69) is 0 Å². The first-order chi connectivity index (χ1) is 11.2. The van der Waals surface area contributed by atoms with Crippen LogP contribution < -0.4 is 0 Å². The minimum Gasteiger partial charge on any atom is -0.483 e. The van der Waals surface area contributed by atoms with Crippen LogP contribution >= 0.6 is 23.5 Å². The maximum atomic E-state index is 12.8. The van der Waals surface area contributed by atoms with Gasteiger partial charge < -0.3 is 4.74 Å². The predicted octanol–water partition coefficient (Wildman–Crippen LogP) is 5.29. The molecule has 0 aliphatic carbocycles. The zero-order valence-electron chi connectivity index (χ0n) is 13.5. The first kappa shape index (κ1) is 17.7. The van der Waals surface area contributed by atoms with Gasteiger partial charge in [0.25, 0.3) is 0 Å².